The number of nitrogens with one attached hydrogen (secondary N) is 3. The van der Waals surface area contributed by atoms with Gasteiger partial charge in [0.2, 0.25) is 11.8 Å². The number of aromatic nitrogens is 1. The largest absolute Gasteiger partial charge is 0.389 e. The van der Waals surface area contributed by atoms with E-state index in [0.29, 0.717) is 5.75 Å². The van der Waals surface area contributed by atoms with Gasteiger partial charge >= 0.3 is 0 Å². The molecule has 7 nitrogen and oxygen atoms in total. The molecule has 1 rings (SSSR count). The predicted octanol–water partition coefficient (Wildman–Crippen LogP) is 0.113. The highest BCUT2D eigenvalue weighted by molar-refractivity contribution is 8.76. The fourth-order valence-corrected chi connectivity index (χ4v) is 3.68. The van der Waals surface area contributed by atoms with Crippen molar-refractivity contribution >= 4 is 33.4 Å². The molecule has 0 saturated heterocycles. The van der Waals surface area contributed by atoms with Crippen molar-refractivity contribution in [2.24, 2.45) is 5.73 Å². The summed E-state index contributed by atoms with van der Waals surface area (Å²) in [4.78, 5) is 28.1. The molecule has 0 bridgehead atoms. The van der Waals surface area contributed by atoms with Crippen molar-refractivity contribution in [2.45, 2.75) is 17.1 Å². The van der Waals surface area contributed by atoms with Gasteiger partial charge in [-0.2, -0.15) is 0 Å². The van der Waals surface area contributed by atoms with E-state index in [0.717, 1.165) is 5.03 Å². The number of hydrogen-bond donors (Lipinski definition) is 4. The van der Waals surface area contributed by atoms with E-state index in [1.54, 1.807) is 19.0 Å². The van der Waals surface area contributed by atoms with Crippen molar-refractivity contribution < 1.29 is 11.0 Å². The molecule has 0 radical (unpaired) electrons. The highest BCUT2D eigenvalue weighted by atomic mass is 33.1. The van der Waals surface area contributed by atoms with E-state index in [1.807, 2.05) is 18.2 Å². The van der Waals surface area contributed by atoms with Crippen LogP contribution in [0.1, 0.15) is 0 Å². The van der Waals surface area contributed by atoms with Crippen LogP contribution in [0.4, 0.5) is 0 Å². The number of nitrogens with zero attached hydrogens (tertiary/aromatic N) is 1. The Balaban J connectivity index is 2.51. The third-order valence-electron chi connectivity index (χ3n) is 2.78. The Kier molecular flexibility index (Phi) is 8.38. The number of rotatable bonds is 11. The van der Waals surface area contributed by atoms with Crippen LogP contribution in [0.5, 0.6) is 0 Å². The summed E-state index contributed by atoms with van der Waals surface area (Å²) in [6.07, 6.45) is 3.13. The van der Waals surface area contributed by atoms with Crippen LogP contribution in [0, 0.1) is 0 Å². The van der Waals surface area contributed by atoms with Gasteiger partial charge in [-0.05, 0) is 36.2 Å². The van der Waals surface area contributed by atoms with Crippen LogP contribution < -0.4 is 21.7 Å². The molecule has 0 unspecified atom stereocenters. The van der Waals surface area contributed by atoms with Crippen molar-refractivity contribution in [1.82, 2.24) is 20.9 Å². The standard InChI is InChI=1S/C14H21N5O2S2/c1-3-17-8-10(13(15)20)19-14(21)11(16-2)9-22-23-12-6-4-5-7-18-12/h3-7,10-11,16-17H,1,8-9H2,2H3,(H2,15,20)(H,19,21)/t10-,11-/m0/s1/i/hT. The minimum Gasteiger partial charge on any atom is -0.389 e. The van der Waals surface area contributed by atoms with Gasteiger partial charge in [0.15, 0.2) is 1.41 Å². The number of nitrogens with two attached hydrogens (primary N) is 1. The van der Waals surface area contributed by atoms with E-state index in [-0.39, 0.29) is 12.5 Å². The lowest BCUT2D eigenvalue weighted by molar-refractivity contribution is -0.128. The van der Waals surface area contributed by atoms with Crippen LogP contribution in [0.25, 0.3) is 0 Å². The number of hydrogen-bond acceptors (Lipinski definition) is 7. The molecule has 2 atom stereocenters. The number of likely N-dealkylation sites (N-methyl/N-ethyl adjacent to an activating group) is 1. The number of carbonyl (C=O) groups excluding carboxylic acids is 2. The Morgan fingerprint density at radius 3 is 2.96 bits per heavy atom. The molecule has 1 aromatic heterocycles. The zero-order valence-electron chi connectivity index (χ0n) is 13.7. The van der Waals surface area contributed by atoms with E-state index < -0.39 is 18.0 Å². The molecule has 23 heavy (non-hydrogen) atoms. The van der Waals surface area contributed by atoms with Gasteiger partial charge in [0.05, 0.1) is 6.04 Å². The van der Waals surface area contributed by atoms with Gasteiger partial charge < -0.3 is 21.7 Å². The Hall–Kier alpha value is -1.71. The minimum absolute atomic E-state index is 0.159. The monoisotopic (exact) mass is 357 g/mol. The molecule has 0 aromatic carbocycles. The van der Waals surface area contributed by atoms with Gasteiger partial charge in [-0.25, -0.2) is 4.98 Å². The smallest absolute Gasteiger partial charge is 0.241 e. The molecule has 5 N–H and O–H groups in total. The van der Waals surface area contributed by atoms with E-state index >= 15 is 0 Å². The Bertz CT molecular complexity index is 535. The van der Waals surface area contributed by atoms with E-state index in [1.165, 1.54) is 27.8 Å². The molecule has 9 heteroatoms. The van der Waals surface area contributed by atoms with E-state index in [4.69, 9.17) is 1.41 Å². The Labute approximate surface area is 145 Å². The van der Waals surface area contributed by atoms with Crippen LogP contribution >= 0.6 is 21.6 Å². The lowest BCUT2D eigenvalue weighted by atomic mass is 10.2. The lowest BCUT2D eigenvalue weighted by Crippen LogP contribution is -2.54. The molecule has 0 spiro atoms. The Morgan fingerprint density at radius 2 is 2.35 bits per heavy atom. The molecular weight excluding hydrogens is 334 g/mol. The van der Waals surface area contributed by atoms with Crippen molar-refractivity contribution in [3.05, 3.63) is 37.2 Å². The zero-order valence-corrected chi connectivity index (χ0v) is 14.4. The summed E-state index contributed by atoms with van der Waals surface area (Å²) in [6.45, 7) is 3.65. The first-order valence-corrected chi connectivity index (χ1v) is 9.18. The molecule has 0 aliphatic rings. The molecule has 0 fully saturated rings. The maximum absolute atomic E-state index is 12.3. The van der Waals surface area contributed by atoms with Crippen LogP contribution in [-0.2, 0) is 9.59 Å². The summed E-state index contributed by atoms with van der Waals surface area (Å²) >= 11 is 0. The number of primary amides is 1. The quantitative estimate of drug-likeness (QED) is 0.416. The first-order valence-electron chi connectivity index (χ1n) is 7.36. The second-order valence-electron chi connectivity index (χ2n) is 4.41. The third kappa shape index (κ3) is 7.40. The van der Waals surface area contributed by atoms with Gasteiger partial charge in [0.1, 0.15) is 11.1 Å². The molecule has 0 aliphatic heterocycles. The molecule has 0 aliphatic carbocycles. The van der Waals surface area contributed by atoms with E-state index in [2.05, 4.69) is 27.5 Å². The normalized spacial score (nSPS) is 13.3. The van der Waals surface area contributed by atoms with Crippen molar-refractivity contribution in [1.29, 1.82) is 0 Å². The predicted molar refractivity (Wildman–Crippen MR) is 94.7 cm³/mol. The van der Waals surface area contributed by atoms with Crippen LogP contribution in [0.15, 0.2) is 42.2 Å². The highest BCUT2D eigenvalue weighted by Gasteiger charge is 2.23. The molecule has 0 saturated carbocycles. The summed E-state index contributed by atoms with van der Waals surface area (Å²) in [5, 5.41) is 9.16. The topological polar surface area (TPSA) is 109 Å². The number of pyridine rings is 1. The van der Waals surface area contributed by atoms with E-state index in [9.17, 15) is 9.59 Å². The summed E-state index contributed by atoms with van der Waals surface area (Å²) in [5.41, 5.74) is 1.78. The molecule has 2 amide bonds. The summed E-state index contributed by atoms with van der Waals surface area (Å²) in [7, 11) is 4.64. The summed E-state index contributed by atoms with van der Waals surface area (Å²) < 4.78 is 6.94. The summed E-state index contributed by atoms with van der Waals surface area (Å²) in [6, 6.07) is 4.30. The van der Waals surface area contributed by atoms with Crippen molar-refractivity contribution in [3.8, 4) is 0 Å². The number of carbonyl (C=O) groups is 2. The molecule has 126 valence electrons. The second kappa shape index (κ2) is 10.9. The minimum atomic E-state index is -0.850. The van der Waals surface area contributed by atoms with Gasteiger partial charge in [0, 0.05) is 18.5 Å². The average molecular weight is 357 g/mol. The van der Waals surface area contributed by atoms with Crippen molar-refractivity contribution in [2.75, 3.05) is 19.3 Å². The first kappa shape index (κ1) is 17.6. The SMILES string of the molecule is [3H]NC(=O)[C@H](CNC=C)NC(=O)[C@H](CSSc1ccccn1)NC. The zero-order chi connectivity index (χ0) is 17.8. The van der Waals surface area contributed by atoms with Gasteiger partial charge in [-0.3, -0.25) is 9.59 Å². The maximum Gasteiger partial charge on any atom is 0.241 e. The van der Waals surface area contributed by atoms with Crippen molar-refractivity contribution in [3.63, 3.8) is 0 Å². The van der Waals surface area contributed by atoms with Gasteiger partial charge in [-0.1, -0.05) is 23.4 Å². The molecule has 1 aromatic rings. The fraction of sp³-hybridized carbons (Fsp3) is 0.357. The van der Waals surface area contributed by atoms with Crippen LogP contribution in [0.3, 0.4) is 0 Å². The maximum atomic E-state index is 12.3. The highest BCUT2D eigenvalue weighted by Crippen LogP contribution is 2.29. The molecule has 1 heterocycles. The van der Waals surface area contributed by atoms with Crippen LogP contribution in [0.2, 0.25) is 1.41 Å². The first-order chi connectivity index (χ1) is 11.6. The lowest BCUT2D eigenvalue weighted by Gasteiger charge is -2.20. The van der Waals surface area contributed by atoms with Gasteiger partial charge in [0.25, 0.3) is 0 Å². The second-order valence-corrected chi connectivity index (χ2v) is 6.78. The van der Waals surface area contributed by atoms with Gasteiger partial charge in [-0.15, -0.1) is 0 Å². The molecular formula is C14H21N5O2S2. The van der Waals surface area contributed by atoms with Crippen LogP contribution in [-0.4, -0.2) is 48.2 Å². The Morgan fingerprint density at radius 1 is 1.52 bits per heavy atom. The fourth-order valence-electron chi connectivity index (χ4n) is 1.53. The third-order valence-corrected chi connectivity index (χ3v) is 5.05. The number of amides is 2. The summed E-state index contributed by atoms with van der Waals surface area (Å²) in [5.74, 6) is -0.414. The average Bonchev–Trinajstić information content (AvgIpc) is 2.62.